The van der Waals surface area contributed by atoms with Crippen LogP contribution in [0.4, 0.5) is 0 Å². The molecule has 0 aliphatic rings. The number of oxime groups is 1. The molecule has 1 aromatic carbocycles. The summed E-state index contributed by atoms with van der Waals surface area (Å²) in [4.78, 5) is 5.21. The van der Waals surface area contributed by atoms with Crippen LogP contribution in [0.3, 0.4) is 0 Å². The molecule has 0 radical (unpaired) electrons. The van der Waals surface area contributed by atoms with E-state index >= 15 is 0 Å². The topological polar surface area (TPSA) is 69.5 Å². The largest absolute Gasteiger partial charge is 0.391 e. The molecule has 0 aliphatic heterocycles. The second-order valence-corrected chi connectivity index (χ2v) is 4.44. The summed E-state index contributed by atoms with van der Waals surface area (Å²) in [6.45, 7) is 0.517. The molecule has 0 saturated carbocycles. The lowest BCUT2D eigenvalue weighted by Crippen LogP contribution is -2.43. The van der Waals surface area contributed by atoms with Crippen LogP contribution in [0, 0.1) is 0 Å². The second-order valence-electron chi connectivity index (χ2n) is 4.44. The average Bonchev–Trinajstić information content (AvgIpc) is 2.51. The normalized spacial score (nSPS) is 15.8. The molecule has 0 unspecified atom stereocenters. The molecular weight excluding hydrogens is 274 g/mol. The van der Waals surface area contributed by atoms with E-state index < -0.39 is 18.3 Å². The Bertz CT molecular complexity index is 398. The Labute approximate surface area is 125 Å². The van der Waals surface area contributed by atoms with E-state index in [4.69, 9.17) is 19.0 Å². The van der Waals surface area contributed by atoms with Crippen LogP contribution in [0.5, 0.6) is 0 Å². The minimum absolute atomic E-state index is 0.150. The van der Waals surface area contributed by atoms with Crippen molar-refractivity contribution < 1.29 is 24.2 Å². The predicted octanol–water partition coefficient (Wildman–Crippen LogP) is 1.23. The number of aliphatic hydroxyl groups excluding tert-OH is 1. The average molecular weight is 297 g/mol. The van der Waals surface area contributed by atoms with Gasteiger partial charge in [-0.1, -0.05) is 35.5 Å². The second kappa shape index (κ2) is 10.3. The molecule has 3 atom stereocenters. The van der Waals surface area contributed by atoms with Crippen LogP contribution in [0.2, 0.25) is 0 Å². The fourth-order valence-corrected chi connectivity index (χ4v) is 1.84. The van der Waals surface area contributed by atoms with Gasteiger partial charge in [0.05, 0.1) is 12.8 Å². The molecule has 0 aromatic heterocycles. The van der Waals surface area contributed by atoms with E-state index in [1.165, 1.54) is 27.5 Å². The Hall–Kier alpha value is -1.47. The van der Waals surface area contributed by atoms with E-state index in [-0.39, 0.29) is 6.61 Å². The van der Waals surface area contributed by atoms with E-state index in [0.29, 0.717) is 6.61 Å². The van der Waals surface area contributed by atoms with E-state index in [9.17, 15) is 5.11 Å². The highest BCUT2D eigenvalue weighted by molar-refractivity contribution is 5.63. The molecule has 0 saturated heterocycles. The molecule has 0 fully saturated rings. The van der Waals surface area contributed by atoms with Crippen LogP contribution in [-0.2, 0) is 25.7 Å². The lowest BCUT2D eigenvalue weighted by molar-refractivity contribution is -0.0907. The SMILES string of the molecule is COC[C@@H](O)[C@H](OC)[C@H](C=NOCc1ccccc1)OC. The van der Waals surface area contributed by atoms with Gasteiger partial charge in [-0.15, -0.1) is 0 Å². The number of hydrogen-bond acceptors (Lipinski definition) is 6. The van der Waals surface area contributed by atoms with Crippen LogP contribution >= 0.6 is 0 Å². The van der Waals surface area contributed by atoms with Crippen molar-refractivity contribution in [1.82, 2.24) is 0 Å². The lowest BCUT2D eigenvalue weighted by atomic mass is 10.1. The number of ether oxygens (including phenoxy) is 3. The van der Waals surface area contributed by atoms with Crippen LogP contribution in [-0.4, -0.2) is 57.6 Å². The van der Waals surface area contributed by atoms with E-state index in [2.05, 4.69) is 5.16 Å². The summed E-state index contributed by atoms with van der Waals surface area (Å²) in [5.74, 6) is 0. The van der Waals surface area contributed by atoms with Gasteiger partial charge in [-0.3, -0.25) is 0 Å². The molecule has 0 aliphatic carbocycles. The number of benzene rings is 1. The lowest BCUT2D eigenvalue weighted by Gasteiger charge is -2.25. The van der Waals surface area contributed by atoms with Gasteiger partial charge >= 0.3 is 0 Å². The van der Waals surface area contributed by atoms with Crippen molar-refractivity contribution in [3.8, 4) is 0 Å². The Balaban J connectivity index is 2.49. The smallest absolute Gasteiger partial charge is 0.142 e. The standard InChI is InChI=1S/C15H23NO5/c1-18-11-13(17)15(20-3)14(19-2)9-16-21-10-12-7-5-4-6-8-12/h4-9,13-15,17H,10-11H2,1-3H3/t13-,14+,15+/m1/s1. The van der Waals surface area contributed by atoms with Gasteiger partial charge in [-0.25, -0.2) is 0 Å². The van der Waals surface area contributed by atoms with Gasteiger partial charge in [0.15, 0.2) is 0 Å². The number of rotatable bonds is 10. The molecule has 0 spiro atoms. The third-order valence-corrected chi connectivity index (χ3v) is 2.94. The third kappa shape index (κ3) is 6.22. The maximum Gasteiger partial charge on any atom is 0.142 e. The van der Waals surface area contributed by atoms with E-state index in [1.807, 2.05) is 30.3 Å². The highest BCUT2D eigenvalue weighted by Crippen LogP contribution is 2.08. The summed E-state index contributed by atoms with van der Waals surface area (Å²) in [6, 6.07) is 9.70. The summed E-state index contributed by atoms with van der Waals surface area (Å²) in [6.07, 6.45) is -0.462. The minimum atomic E-state index is -0.814. The zero-order chi connectivity index (χ0) is 15.5. The van der Waals surface area contributed by atoms with E-state index in [1.54, 1.807) is 0 Å². The highest BCUT2D eigenvalue weighted by Gasteiger charge is 2.27. The van der Waals surface area contributed by atoms with Crippen molar-refractivity contribution in [2.45, 2.75) is 24.9 Å². The van der Waals surface area contributed by atoms with Crippen LogP contribution in [0.15, 0.2) is 35.5 Å². The van der Waals surface area contributed by atoms with Gasteiger partial charge in [0, 0.05) is 21.3 Å². The Morgan fingerprint density at radius 3 is 2.43 bits per heavy atom. The Morgan fingerprint density at radius 1 is 1.14 bits per heavy atom. The van der Waals surface area contributed by atoms with Gasteiger partial charge in [0.25, 0.3) is 0 Å². The molecule has 1 rings (SSSR count). The fraction of sp³-hybridized carbons (Fsp3) is 0.533. The quantitative estimate of drug-likeness (QED) is 0.519. The summed E-state index contributed by atoms with van der Waals surface area (Å²) in [5, 5.41) is 13.8. The molecule has 118 valence electrons. The van der Waals surface area contributed by atoms with Crippen molar-refractivity contribution in [2.24, 2.45) is 5.16 Å². The molecule has 0 amide bonds. The molecular formula is C15H23NO5. The Kier molecular flexibility index (Phi) is 8.61. The maximum atomic E-state index is 9.91. The van der Waals surface area contributed by atoms with Crippen molar-refractivity contribution in [2.75, 3.05) is 27.9 Å². The van der Waals surface area contributed by atoms with Crippen LogP contribution in [0.25, 0.3) is 0 Å². The predicted molar refractivity (Wildman–Crippen MR) is 79.2 cm³/mol. The van der Waals surface area contributed by atoms with Crippen LogP contribution in [0.1, 0.15) is 5.56 Å². The highest BCUT2D eigenvalue weighted by atomic mass is 16.6. The summed E-state index contributed by atoms with van der Waals surface area (Å²) >= 11 is 0. The van der Waals surface area contributed by atoms with Crippen molar-refractivity contribution in [3.63, 3.8) is 0 Å². The molecule has 21 heavy (non-hydrogen) atoms. The van der Waals surface area contributed by atoms with Crippen molar-refractivity contribution in [3.05, 3.63) is 35.9 Å². The number of aliphatic hydroxyl groups is 1. The first-order chi connectivity index (χ1) is 10.2. The number of hydrogen-bond donors (Lipinski definition) is 1. The first-order valence-corrected chi connectivity index (χ1v) is 6.64. The molecule has 0 bridgehead atoms. The zero-order valence-electron chi connectivity index (χ0n) is 12.6. The molecule has 6 nitrogen and oxygen atoms in total. The summed E-state index contributed by atoms with van der Waals surface area (Å²) in [5.41, 5.74) is 1.02. The van der Waals surface area contributed by atoms with E-state index in [0.717, 1.165) is 5.56 Å². The molecule has 6 heteroatoms. The first-order valence-electron chi connectivity index (χ1n) is 6.64. The minimum Gasteiger partial charge on any atom is -0.391 e. The summed E-state index contributed by atoms with van der Waals surface area (Å²) in [7, 11) is 4.52. The third-order valence-electron chi connectivity index (χ3n) is 2.94. The van der Waals surface area contributed by atoms with Crippen molar-refractivity contribution >= 4 is 6.21 Å². The van der Waals surface area contributed by atoms with Gasteiger partial charge in [0.2, 0.25) is 0 Å². The van der Waals surface area contributed by atoms with Gasteiger partial charge < -0.3 is 24.2 Å². The van der Waals surface area contributed by atoms with Crippen molar-refractivity contribution in [1.29, 1.82) is 0 Å². The molecule has 1 N–H and O–H groups in total. The summed E-state index contributed by atoms with van der Waals surface area (Å²) < 4.78 is 15.4. The molecule has 0 heterocycles. The number of methoxy groups -OCH3 is 3. The molecule has 1 aromatic rings. The fourth-order valence-electron chi connectivity index (χ4n) is 1.84. The maximum absolute atomic E-state index is 9.91. The number of nitrogens with zero attached hydrogens (tertiary/aromatic N) is 1. The van der Waals surface area contributed by atoms with Gasteiger partial charge in [0.1, 0.15) is 24.9 Å². The zero-order valence-corrected chi connectivity index (χ0v) is 12.6. The Morgan fingerprint density at radius 2 is 1.86 bits per heavy atom. The van der Waals surface area contributed by atoms with Gasteiger partial charge in [-0.05, 0) is 5.56 Å². The van der Waals surface area contributed by atoms with Gasteiger partial charge in [-0.2, -0.15) is 0 Å². The van der Waals surface area contributed by atoms with Crippen LogP contribution < -0.4 is 0 Å². The monoisotopic (exact) mass is 297 g/mol. The first kappa shape index (κ1) is 17.6.